The fraction of sp³-hybridized carbons (Fsp3) is 0.636. The lowest BCUT2D eigenvalue weighted by atomic mass is 9.82. The summed E-state index contributed by atoms with van der Waals surface area (Å²) in [4.78, 5) is 21.1. The molecule has 1 aliphatic heterocycles. The van der Waals surface area contributed by atoms with E-state index in [4.69, 9.17) is 4.99 Å². The number of carbonyl (C=O) groups is 1. The molecule has 156 valence electrons. The number of hydrogen-bond acceptors (Lipinski definition) is 2. The number of carbonyl (C=O) groups excluding carboxylic acids is 1. The second-order valence-electron chi connectivity index (χ2n) is 8.10. The summed E-state index contributed by atoms with van der Waals surface area (Å²) in [6.45, 7) is 6.09. The number of halogens is 1. The lowest BCUT2D eigenvalue weighted by Gasteiger charge is -2.22. The Balaban J connectivity index is 0.00000280. The second-order valence-corrected chi connectivity index (χ2v) is 8.10. The van der Waals surface area contributed by atoms with Crippen LogP contribution in [-0.4, -0.2) is 61.9 Å². The lowest BCUT2D eigenvalue weighted by Crippen LogP contribution is -2.40. The first-order chi connectivity index (χ1) is 13.1. The van der Waals surface area contributed by atoms with Crippen LogP contribution in [0.5, 0.6) is 0 Å². The Labute approximate surface area is 187 Å². The maximum absolute atomic E-state index is 12.1. The lowest BCUT2D eigenvalue weighted by molar-refractivity contribution is 0.0827. The van der Waals surface area contributed by atoms with E-state index in [1.54, 1.807) is 19.0 Å². The molecule has 1 aliphatic carbocycles. The summed E-state index contributed by atoms with van der Waals surface area (Å²) < 4.78 is 0. The molecule has 2 atom stereocenters. The molecule has 1 aromatic rings. The number of aliphatic imine (C=N–C) groups is 1. The summed E-state index contributed by atoms with van der Waals surface area (Å²) in [6, 6.07) is 7.92. The largest absolute Gasteiger partial charge is 0.357 e. The Morgan fingerprint density at radius 2 is 1.89 bits per heavy atom. The van der Waals surface area contributed by atoms with E-state index < -0.39 is 0 Å². The van der Waals surface area contributed by atoms with E-state index in [1.165, 1.54) is 25.7 Å². The number of likely N-dealkylation sites (tertiary alicyclic amines) is 1. The van der Waals surface area contributed by atoms with Crippen molar-refractivity contribution in [3.05, 3.63) is 35.4 Å². The van der Waals surface area contributed by atoms with Gasteiger partial charge in [0.25, 0.3) is 5.91 Å². The van der Waals surface area contributed by atoms with E-state index in [0.717, 1.165) is 61.5 Å². The molecule has 5 nitrogen and oxygen atoms in total. The zero-order chi connectivity index (χ0) is 19.2. The van der Waals surface area contributed by atoms with Crippen LogP contribution < -0.4 is 5.32 Å². The third-order valence-electron chi connectivity index (χ3n) is 5.85. The molecule has 3 rings (SSSR count). The van der Waals surface area contributed by atoms with Crippen LogP contribution in [0.2, 0.25) is 0 Å². The van der Waals surface area contributed by atoms with Crippen molar-refractivity contribution in [3.8, 4) is 0 Å². The van der Waals surface area contributed by atoms with Crippen molar-refractivity contribution in [1.29, 1.82) is 0 Å². The van der Waals surface area contributed by atoms with Gasteiger partial charge in [-0.05, 0) is 55.7 Å². The quantitative estimate of drug-likeness (QED) is 0.383. The van der Waals surface area contributed by atoms with E-state index in [1.807, 2.05) is 18.2 Å². The van der Waals surface area contributed by atoms with E-state index >= 15 is 0 Å². The van der Waals surface area contributed by atoms with Crippen LogP contribution in [0.15, 0.2) is 29.3 Å². The van der Waals surface area contributed by atoms with Gasteiger partial charge in [-0.1, -0.05) is 25.0 Å². The minimum atomic E-state index is 0. The zero-order valence-electron chi connectivity index (χ0n) is 17.5. The molecule has 1 saturated carbocycles. The Morgan fingerprint density at radius 3 is 2.50 bits per heavy atom. The van der Waals surface area contributed by atoms with E-state index in [2.05, 4.69) is 23.2 Å². The van der Waals surface area contributed by atoms with Crippen LogP contribution in [0, 0.1) is 11.8 Å². The summed E-state index contributed by atoms with van der Waals surface area (Å²) in [5.74, 6) is 2.83. The molecule has 0 bridgehead atoms. The minimum Gasteiger partial charge on any atom is -0.357 e. The van der Waals surface area contributed by atoms with Crippen LogP contribution in [0.4, 0.5) is 0 Å². The number of rotatable bonds is 5. The van der Waals surface area contributed by atoms with Crippen LogP contribution in [0.25, 0.3) is 0 Å². The predicted molar refractivity (Wildman–Crippen MR) is 127 cm³/mol. The highest BCUT2D eigenvalue weighted by molar-refractivity contribution is 14.0. The molecule has 0 radical (unpaired) electrons. The summed E-state index contributed by atoms with van der Waals surface area (Å²) in [7, 11) is 3.57. The van der Waals surface area contributed by atoms with Crippen molar-refractivity contribution in [3.63, 3.8) is 0 Å². The monoisotopic (exact) mass is 498 g/mol. The number of benzene rings is 1. The average molecular weight is 498 g/mol. The Hall–Kier alpha value is -1.31. The topological polar surface area (TPSA) is 47.9 Å². The molecule has 2 fully saturated rings. The first kappa shape index (κ1) is 23.0. The van der Waals surface area contributed by atoms with Gasteiger partial charge in [0.2, 0.25) is 0 Å². The van der Waals surface area contributed by atoms with Crippen molar-refractivity contribution in [1.82, 2.24) is 15.1 Å². The minimum absolute atomic E-state index is 0. The molecule has 0 spiro atoms. The first-order valence-corrected chi connectivity index (χ1v) is 10.4. The second kappa shape index (κ2) is 11.0. The van der Waals surface area contributed by atoms with E-state index in [0.29, 0.717) is 0 Å². The fourth-order valence-corrected chi connectivity index (χ4v) is 4.41. The highest BCUT2D eigenvalue weighted by atomic mass is 127. The van der Waals surface area contributed by atoms with Gasteiger partial charge in [0.05, 0.1) is 0 Å². The summed E-state index contributed by atoms with van der Waals surface area (Å²) in [5.41, 5.74) is 1.91. The van der Waals surface area contributed by atoms with Crippen molar-refractivity contribution in [2.24, 2.45) is 16.8 Å². The summed E-state index contributed by atoms with van der Waals surface area (Å²) >= 11 is 0. The van der Waals surface area contributed by atoms with Gasteiger partial charge in [-0.3, -0.25) is 9.79 Å². The van der Waals surface area contributed by atoms with Crippen LogP contribution in [-0.2, 0) is 6.42 Å². The molecule has 1 heterocycles. The molecule has 6 heteroatoms. The molecule has 28 heavy (non-hydrogen) atoms. The normalized spacial score (nSPS) is 21.7. The predicted octanol–water partition coefficient (Wildman–Crippen LogP) is 3.64. The molecule has 1 amide bonds. The van der Waals surface area contributed by atoms with Gasteiger partial charge in [-0.15, -0.1) is 24.0 Å². The Bertz CT molecular complexity index is 662. The van der Waals surface area contributed by atoms with Crippen LogP contribution >= 0.6 is 24.0 Å². The van der Waals surface area contributed by atoms with Crippen molar-refractivity contribution in [2.45, 2.75) is 39.0 Å². The smallest absolute Gasteiger partial charge is 0.253 e. The molecule has 1 N–H and O–H groups in total. The summed E-state index contributed by atoms with van der Waals surface area (Å²) in [5, 5.41) is 3.48. The molecule has 1 aromatic carbocycles. The van der Waals surface area contributed by atoms with E-state index in [9.17, 15) is 4.79 Å². The highest BCUT2D eigenvalue weighted by Gasteiger charge is 2.35. The first-order valence-electron chi connectivity index (χ1n) is 10.4. The van der Waals surface area contributed by atoms with Crippen LogP contribution in [0.3, 0.4) is 0 Å². The van der Waals surface area contributed by atoms with Gasteiger partial charge in [0.1, 0.15) is 0 Å². The van der Waals surface area contributed by atoms with Gasteiger partial charge in [0, 0.05) is 45.8 Å². The average Bonchev–Trinajstić information content (AvgIpc) is 3.11. The van der Waals surface area contributed by atoms with Gasteiger partial charge in [-0.25, -0.2) is 0 Å². The van der Waals surface area contributed by atoms with Crippen molar-refractivity contribution < 1.29 is 4.79 Å². The van der Waals surface area contributed by atoms with Gasteiger partial charge in [-0.2, -0.15) is 0 Å². The fourth-order valence-electron chi connectivity index (χ4n) is 4.41. The van der Waals surface area contributed by atoms with Crippen LogP contribution in [0.1, 0.15) is 48.5 Å². The molecule has 2 unspecified atom stereocenters. The van der Waals surface area contributed by atoms with Gasteiger partial charge < -0.3 is 15.1 Å². The third-order valence-corrected chi connectivity index (χ3v) is 5.85. The van der Waals surface area contributed by atoms with E-state index in [-0.39, 0.29) is 29.9 Å². The molecule has 2 aliphatic rings. The number of nitrogens with one attached hydrogen (secondary N) is 1. The maximum atomic E-state index is 12.1. The molecular weight excluding hydrogens is 463 g/mol. The molecule has 0 aromatic heterocycles. The maximum Gasteiger partial charge on any atom is 0.253 e. The van der Waals surface area contributed by atoms with Gasteiger partial charge in [0.15, 0.2) is 5.96 Å². The third kappa shape index (κ3) is 5.84. The number of amides is 1. The number of fused-ring (bicyclic) bond motifs is 1. The highest BCUT2D eigenvalue weighted by Crippen LogP contribution is 2.35. The standard InChI is InChI=1S/C22H34N4O.HI/c1-4-23-22(26-15-19-9-5-6-10-20(19)16-26)24-13-12-17-8-7-11-18(14-17)21(27)25(2)3;/h7-8,11,14,19-20H,4-6,9-10,12-13,15-16H2,1-3H3,(H,23,24);1H. The number of hydrogen-bond donors (Lipinski definition) is 1. The van der Waals surface area contributed by atoms with Crippen molar-refractivity contribution in [2.75, 3.05) is 40.3 Å². The van der Waals surface area contributed by atoms with Crippen molar-refractivity contribution >= 4 is 35.8 Å². The molecular formula is C22H35IN4O. The van der Waals surface area contributed by atoms with Gasteiger partial charge >= 0.3 is 0 Å². The molecule has 1 saturated heterocycles. The summed E-state index contributed by atoms with van der Waals surface area (Å²) in [6.07, 6.45) is 6.40. The number of nitrogens with zero attached hydrogens (tertiary/aromatic N) is 3. The Kier molecular flexibility index (Phi) is 9.05. The zero-order valence-corrected chi connectivity index (χ0v) is 19.8. The Morgan fingerprint density at radius 1 is 1.21 bits per heavy atom. The number of guanidine groups is 1. The SMILES string of the molecule is CCNC(=NCCc1cccc(C(=O)N(C)C)c1)N1CC2CCCCC2C1.I.